The Balaban J connectivity index is 1.79. The minimum atomic E-state index is -4.86. The lowest BCUT2D eigenvalue weighted by Crippen LogP contribution is -2.35. The van der Waals surface area contributed by atoms with Gasteiger partial charge in [0, 0.05) is 25.0 Å². The number of anilines is 2. The SMILES string of the molecule is CN1Cc2cc(NS(=O)(=O)c3ccc(OC(F)(F)F)cc3)ccc2NC1=O. The Kier molecular flexibility index (Phi) is 4.64. The maximum Gasteiger partial charge on any atom is 0.573 e. The smallest absolute Gasteiger partial charge is 0.406 e. The van der Waals surface area contributed by atoms with Crippen molar-refractivity contribution in [3.8, 4) is 5.75 Å². The molecule has 1 aliphatic rings. The lowest BCUT2D eigenvalue weighted by Gasteiger charge is -2.26. The average Bonchev–Trinajstić information content (AvgIpc) is 2.55. The Morgan fingerprint density at radius 3 is 2.44 bits per heavy atom. The van der Waals surface area contributed by atoms with Gasteiger partial charge in [-0.25, -0.2) is 13.2 Å². The topological polar surface area (TPSA) is 87.7 Å². The van der Waals surface area contributed by atoms with E-state index in [1.54, 1.807) is 19.2 Å². The third-order valence-electron chi connectivity index (χ3n) is 3.72. The summed E-state index contributed by atoms with van der Waals surface area (Å²) >= 11 is 0. The minimum Gasteiger partial charge on any atom is -0.406 e. The van der Waals surface area contributed by atoms with Crippen molar-refractivity contribution in [2.45, 2.75) is 17.8 Å². The van der Waals surface area contributed by atoms with Crippen LogP contribution in [0, 0.1) is 0 Å². The summed E-state index contributed by atoms with van der Waals surface area (Å²) in [5.74, 6) is -0.519. The highest BCUT2D eigenvalue weighted by molar-refractivity contribution is 7.92. The highest BCUT2D eigenvalue weighted by Gasteiger charge is 2.31. The molecule has 2 aromatic rings. The molecule has 0 bridgehead atoms. The van der Waals surface area contributed by atoms with Gasteiger partial charge >= 0.3 is 12.4 Å². The molecule has 0 saturated heterocycles. The monoisotopic (exact) mass is 401 g/mol. The zero-order valence-electron chi connectivity index (χ0n) is 13.9. The summed E-state index contributed by atoms with van der Waals surface area (Å²) in [4.78, 5) is 12.8. The van der Waals surface area contributed by atoms with Crippen LogP contribution < -0.4 is 14.8 Å². The number of alkyl halides is 3. The molecular formula is C16H14F3N3O4S. The van der Waals surface area contributed by atoms with Crippen molar-refractivity contribution >= 4 is 27.4 Å². The number of ether oxygens (including phenoxy) is 1. The fraction of sp³-hybridized carbons (Fsp3) is 0.188. The first kappa shape index (κ1) is 18.8. The molecule has 0 aromatic heterocycles. The number of sulfonamides is 1. The van der Waals surface area contributed by atoms with Gasteiger partial charge < -0.3 is 15.0 Å². The Hall–Kier alpha value is -2.95. The first-order valence-electron chi connectivity index (χ1n) is 7.57. The molecule has 11 heteroatoms. The summed E-state index contributed by atoms with van der Waals surface area (Å²) in [6, 6.07) is 8.20. The largest absolute Gasteiger partial charge is 0.573 e. The van der Waals surface area contributed by atoms with Crippen LogP contribution >= 0.6 is 0 Å². The van der Waals surface area contributed by atoms with Gasteiger partial charge in [-0.3, -0.25) is 4.72 Å². The van der Waals surface area contributed by atoms with E-state index in [-0.39, 0.29) is 16.6 Å². The molecule has 1 aliphatic heterocycles. The van der Waals surface area contributed by atoms with Crippen molar-refractivity contribution in [3.05, 3.63) is 48.0 Å². The maximum absolute atomic E-state index is 12.4. The predicted molar refractivity (Wildman–Crippen MR) is 90.9 cm³/mol. The molecule has 7 nitrogen and oxygen atoms in total. The number of nitrogens with zero attached hydrogens (tertiary/aromatic N) is 1. The normalized spacial score (nSPS) is 14.4. The predicted octanol–water partition coefficient (Wildman–Crippen LogP) is 3.36. The number of hydrogen-bond acceptors (Lipinski definition) is 4. The van der Waals surface area contributed by atoms with Crippen LogP contribution in [0.3, 0.4) is 0 Å². The zero-order valence-corrected chi connectivity index (χ0v) is 14.7. The van der Waals surface area contributed by atoms with Gasteiger partial charge in [0.05, 0.1) is 4.90 Å². The molecule has 0 fully saturated rings. The zero-order chi connectivity index (χ0) is 19.8. The molecule has 27 heavy (non-hydrogen) atoms. The second-order valence-corrected chi connectivity index (χ2v) is 7.47. The van der Waals surface area contributed by atoms with E-state index in [9.17, 15) is 26.4 Å². The van der Waals surface area contributed by atoms with E-state index in [2.05, 4.69) is 14.8 Å². The maximum atomic E-state index is 12.4. The third kappa shape index (κ3) is 4.42. The molecule has 144 valence electrons. The first-order chi connectivity index (χ1) is 12.5. The number of carbonyl (C=O) groups excluding carboxylic acids is 1. The highest BCUT2D eigenvalue weighted by atomic mass is 32.2. The molecule has 2 amide bonds. The number of urea groups is 1. The molecule has 2 N–H and O–H groups in total. The molecule has 0 spiro atoms. The van der Waals surface area contributed by atoms with Gasteiger partial charge in [-0.2, -0.15) is 0 Å². The number of halogens is 3. The van der Waals surface area contributed by atoms with Gasteiger partial charge in [-0.05, 0) is 48.0 Å². The second-order valence-electron chi connectivity index (χ2n) is 5.78. The number of nitrogens with one attached hydrogen (secondary N) is 2. The lowest BCUT2D eigenvalue weighted by atomic mass is 10.1. The Morgan fingerprint density at radius 2 is 1.81 bits per heavy atom. The van der Waals surface area contributed by atoms with Gasteiger partial charge in [0.25, 0.3) is 10.0 Å². The average molecular weight is 401 g/mol. The van der Waals surface area contributed by atoms with E-state index in [0.717, 1.165) is 24.3 Å². The number of benzene rings is 2. The summed E-state index contributed by atoms with van der Waals surface area (Å²) < 4.78 is 67.4. The molecule has 2 aromatic carbocycles. The van der Waals surface area contributed by atoms with Crippen molar-refractivity contribution in [2.75, 3.05) is 17.1 Å². The summed E-state index contributed by atoms with van der Waals surface area (Å²) in [5.41, 5.74) is 1.55. The number of amides is 2. The molecule has 0 aliphatic carbocycles. The van der Waals surface area contributed by atoms with Crippen LogP contribution in [-0.2, 0) is 16.6 Å². The minimum absolute atomic E-state index is 0.222. The van der Waals surface area contributed by atoms with Crippen LogP contribution in [0.5, 0.6) is 5.75 Å². The van der Waals surface area contributed by atoms with Crippen LogP contribution in [0.2, 0.25) is 0 Å². The summed E-state index contributed by atoms with van der Waals surface area (Å²) in [7, 11) is -2.42. The van der Waals surface area contributed by atoms with Crippen LogP contribution in [-0.4, -0.2) is 32.8 Å². The van der Waals surface area contributed by atoms with Crippen molar-refractivity contribution in [1.82, 2.24) is 4.90 Å². The van der Waals surface area contributed by atoms with E-state index in [4.69, 9.17) is 0 Å². The van der Waals surface area contributed by atoms with Gasteiger partial charge in [-0.1, -0.05) is 0 Å². The molecule has 0 radical (unpaired) electrons. The highest BCUT2D eigenvalue weighted by Crippen LogP contribution is 2.28. The Labute approximate surface area is 152 Å². The quantitative estimate of drug-likeness (QED) is 0.822. The number of fused-ring (bicyclic) bond motifs is 1. The van der Waals surface area contributed by atoms with Crippen molar-refractivity contribution in [2.24, 2.45) is 0 Å². The Bertz CT molecular complexity index is 975. The van der Waals surface area contributed by atoms with E-state index in [0.29, 0.717) is 17.8 Å². The third-order valence-corrected chi connectivity index (χ3v) is 5.12. The van der Waals surface area contributed by atoms with E-state index < -0.39 is 22.1 Å². The van der Waals surface area contributed by atoms with Gasteiger partial charge in [0.1, 0.15) is 5.75 Å². The van der Waals surface area contributed by atoms with E-state index in [1.807, 2.05) is 0 Å². The van der Waals surface area contributed by atoms with Crippen molar-refractivity contribution < 1.29 is 31.1 Å². The Morgan fingerprint density at radius 1 is 1.15 bits per heavy atom. The fourth-order valence-corrected chi connectivity index (χ4v) is 3.53. The van der Waals surface area contributed by atoms with E-state index in [1.165, 1.54) is 11.0 Å². The standard InChI is InChI=1S/C16H14F3N3O4S/c1-22-9-10-8-11(2-7-14(10)20-15(22)23)21-27(24,25)13-5-3-12(4-6-13)26-16(17,18)19/h2-8,21H,9H2,1H3,(H,20,23). The summed E-state index contributed by atoms with van der Waals surface area (Å²) in [6.07, 6.45) is -4.86. The first-order valence-corrected chi connectivity index (χ1v) is 9.05. The molecular weight excluding hydrogens is 387 g/mol. The van der Waals surface area contributed by atoms with Crippen LogP contribution in [0.1, 0.15) is 5.56 Å². The second kappa shape index (κ2) is 6.65. The van der Waals surface area contributed by atoms with Crippen LogP contribution in [0.15, 0.2) is 47.4 Å². The summed E-state index contributed by atoms with van der Waals surface area (Å²) in [5, 5.41) is 2.66. The van der Waals surface area contributed by atoms with Crippen molar-refractivity contribution in [3.63, 3.8) is 0 Å². The van der Waals surface area contributed by atoms with Crippen LogP contribution in [0.25, 0.3) is 0 Å². The van der Waals surface area contributed by atoms with Crippen molar-refractivity contribution in [1.29, 1.82) is 0 Å². The number of carbonyl (C=O) groups is 1. The molecule has 0 unspecified atom stereocenters. The fourth-order valence-electron chi connectivity index (χ4n) is 2.48. The van der Waals surface area contributed by atoms with Gasteiger partial charge in [0.15, 0.2) is 0 Å². The molecule has 0 saturated carbocycles. The molecule has 3 rings (SSSR count). The summed E-state index contributed by atoms with van der Waals surface area (Å²) in [6.45, 7) is 0.306. The van der Waals surface area contributed by atoms with Gasteiger partial charge in [0.2, 0.25) is 0 Å². The number of hydrogen-bond donors (Lipinski definition) is 2. The van der Waals surface area contributed by atoms with Crippen LogP contribution in [0.4, 0.5) is 29.3 Å². The van der Waals surface area contributed by atoms with Gasteiger partial charge in [-0.15, -0.1) is 13.2 Å². The van der Waals surface area contributed by atoms with E-state index >= 15 is 0 Å². The molecule has 1 heterocycles. The lowest BCUT2D eigenvalue weighted by molar-refractivity contribution is -0.274. The molecule has 0 atom stereocenters. The number of rotatable bonds is 4.